The first-order valence-corrected chi connectivity index (χ1v) is 25.3. The molecule has 386 valence electrons. The van der Waals surface area contributed by atoms with Gasteiger partial charge in [-0.2, -0.15) is 0 Å². The largest absolute Gasteiger partial charge is 0.497 e. The van der Waals surface area contributed by atoms with E-state index in [2.05, 4.69) is 27.4 Å². The number of aryl methyl sites for hydroxylation is 2. The van der Waals surface area contributed by atoms with Gasteiger partial charge in [-0.25, -0.2) is 19.6 Å². The Morgan fingerprint density at radius 1 is 0.608 bits per heavy atom. The van der Waals surface area contributed by atoms with Crippen LogP contribution in [0.1, 0.15) is 97.5 Å². The van der Waals surface area contributed by atoms with Crippen molar-refractivity contribution in [2.45, 2.75) is 102 Å². The Kier molecular flexibility index (Phi) is 18.2. The number of ether oxygens (including phenoxy) is 5. The summed E-state index contributed by atoms with van der Waals surface area (Å²) < 4.78 is 39.3. The molecule has 1 amide bonds. The smallest absolute Gasteiger partial charge is 0.416 e. The summed E-state index contributed by atoms with van der Waals surface area (Å²) in [5, 5.41) is 13.5. The molecule has 0 unspecified atom stereocenters. The van der Waals surface area contributed by atoms with Gasteiger partial charge >= 0.3 is 18.0 Å². The van der Waals surface area contributed by atoms with Crippen LogP contribution in [-0.2, 0) is 27.2 Å². The number of hydrogen-bond donors (Lipinski definition) is 2. The van der Waals surface area contributed by atoms with E-state index in [4.69, 9.17) is 32.5 Å². The maximum atomic E-state index is 13.4. The Labute approximate surface area is 431 Å². The van der Waals surface area contributed by atoms with Gasteiger partial charge in [0, 0.05) is 30.0 Å². The first-order chi connectivity index (χ1) is 36.1. The fourth-order valence-electron chi connectivity index (χ4n) is 9.33. The Balaban J connectivity index is 0.000000204. The van der Waals surface area contributed by atoms with E-state index < -0.39 is 24.1 Å². The van der Waals surface area contributed by atoms with Crippen LogP contribution in [0.25, 0.3) is 22.9 Å². The number of benzene rings is 5. The normalized spacial score (nSPS) is 17.6. The molecule has 2 saturated heterocycles. The third kappa shape index (κ3) is 13.8. The van der Waals surface area contributed by atoms with Crippen molar-refractivity contribution >= 4 is 18.0 Å². The van der Waals surface area contributed by atoms with E-state index in [9.17, 15) is 19.5 Å². The number of nitrogens with one attached hydrogen (secondary N) is 1. The molecule has 9 rings (SSSR count). The van der Waals surface area contributed by atoms with Gasteiger partial charge in [-0.1, -0.05) is 86.3 Å². The van der Waals surface area contributed by atoms with Gasteiger partial charge in [0.2, 0.25) is 11.8 Å². The first kappa shape index (κ1) is 52.4. The van der Waals surface area contributed by atoms with Crippen LogP contribution in [0.2, 0.25) is 0 Å². The van der Waals surface area contributed by atoms with Gasteiger partial charge in [0.25, 0.3) is 0 Å². The topological polar surface area (TPSA) is 185 Å². The molecule has 5 aromatic carbocycles. The summed E-state index contributed by atoms with van der Waals surface area (Å²) >= 11 is 0. The molecule has 2 aliphatic heterocycles. The van der Waals surface area contributed by atoms with Crippen molar-refractivity contribution in [2.75, 3.05) is 27.4 Å². The number of carbonyl (C=O) groups excluding carboxylic acids is 2. The molecule has 2 N–H and O–H groups in total. The number of rotatable bonds is 16. The highest BCUT2D eigenvalue weighted by Crippen LogP contribution is 2.36. The second kappa shape index (κ2) is 25.7. The fourth-order valence-corrected chi connectivity index (χ4v) is 9.33. The van der Waals surface area contributed by atoms with Crippen LogP contribution in [0.4, 0.5) is 4.79 Å². The zero-order valence-electron chi connectivity index (χ0n) is 42.4. The van der Waals surface area contributed by atoms with Crippen LogP contribution >= 0.6 is 0 Å². The van der Waals surface area contributed by atoms with Crippen molar-refractivity contribution in [2.24, 2.45) is 0 Å². The minimum absolute atomic E-state index is 0.143. The molecule has 74 heavy (non-hydrogen) atoms. The number of likely N-dealkylation sites (tertiary alicyclic amines) is 1. The lowest BCUT2D eigenvalue weighted by atomic mass is 10.0. The molecule has 15 heteroatoms. The molecule has 4 heterocycles. The molecule has 2 aromatic heterocycles. The molecule has 0 radical (unpaired) electrons. The molecular formula is C59H64N4O11. The number of carbonyl (C=O) groups is 3. The summed E-state index contributed by atoms with van der Waals surface area (Å²) in [5.41, 5.74) is 5.63. The number of esters is 1. The average molecular weight is 1010 g/mol. The van der Waals surface area contributed by atoms with Gasteiger partial charge in [0.05, 0.1) is 44.9 Å². The van der Waals surface area contributed by atoms with E-state index in [1.165, 1.54) is 12.0 Å². The molecule has 0 bridgehead atoms. The summed E-state index contributed by atoms with van der Waals surface area (Å²) in [4.78, 5) is 48.2. The zero-order valence-corrected chi connectivity index (χ0v) is 42.4. The van der Waals surface area contributed by atoms with Gasteiger partial charge in [-0.05, 0) is 123 Å². The monoisotopic (exact) mass is 1000 g/mol. The predicted molar refractivity (Wildman–Crippen MR) is 278 cm³/mol. The second-order valence-corrected chi connectivity index (χ2v) is 18.3. The molecule has 0 saturated carbocycles. The molecule has 0 spiro atoms. The zero-order chi connectivity index (χ0) is 51.8. The van der Waals surface area contributed by atoms with E-state index in [0.29, 0.717) is 74.3 Å². The van der Waals surface area contributed by atoms with E-state index in [1.54, 1.807) is 31.4 Å². The highest BCUT2D eigenvalue weighted by molar-refractivity contribution is 5.81. The molecule has 4 atom stereocenters. The van der Waals surface area contributed by atoms with Gasteiger partial charge in [-0.15, -0.1) is 0 Å². The van der Waals surface area contributed by atoms with Crippen LogP contribution in [0, 0.1) is 13.8 Å². The maximum absolute atomic E-state index is 13.4. The van der Waals surface area contributed by atoms with Gasteiger partial charge < -0.3 is 37.6 Å². The third-order valence-electron chi connectivity index (χ3n) is 13.4. The minimum Gasteiger partial charge on any atom is -0.497 e. The number of carboxylic acid groups (broad SMARTS) is 1. The summed E-state index contributed by atoms with van der Waals surface area (Å²) in [6.45, 7) is 4.76. The molecular weight excluding hydrogens is 941 g/mol. The summed E-state index contributed by atoms with van der Waals surface area (Å²) in [7, 11) is 2.99. The van der Waals surface area contributed by atoms with Gasteiger partial charge in [-0.3, -0.25) is 15.0 Å². The number of carboxylic acids is 1. The van der Waals surface area contributed by atoms with Crippen LogP contribution < -0.4 is 24.3 Å². The van der Waals surface area contributed by atoms with Crippen molar-refractivity contribution in [1.82, 2.24) is 20.2 Å². The van der Waals surface area contributed by atoms with E-state index in [0.717, 1.165) is 83.0 Å². The Morgan fingerprint density at radius 3 is 1.62 bits per heavy atom. The van der Waals surface area contributed by atoms with Crippen LogP contribution in [0.15, 0.2) is 142 Å². The summed E-state index contributed by atoms with van der Waals surface area (Å²) in [6.07, 6.45) is 6.97. The number of oxazole rings is 2. The maximum Gasteiger partial charge on any atom is 0.416 e. The van der Waals surface area contributed by atoms with Crippen molar-refractivity contribution in [3.05, 3.63) is 167 Å². The Morgan fingerprint density at radius 2 is 1.09 bits per heavy atom. The number of nitrogens with zero attached hydrogens (tertiary/aromatic N) is 3. The molecule has 2 fully saturated rings. The van der Waals surface area contributed by atoms with Crippen molar-refractivity contribution in [3.63, 3.8) is 0 Å². The van der Waals surface area contributed by atoms with Gasteiger partial charge in [0.1, 0.15) is 46.6 Å². The van der Waals surface area contributed by atoms with E-state index >= 15 is 0 Å². The average Bonchev–Trinajstić information content (AvgIpc) is 3.76. The van der Waals surface area contributed by atoms with E-state index in [-0.39, 0.29) is 18.1 Å². The number of aromatic nitrogens is 2. The molecule has 2 aliphatic rings. The molecule has 0 aliphatic carbocycles. The highest BCUT2D eigenvalue weighted by Gasteiger charge is 2.39. The van der Waals surface area contributed by atoms with E-state index in [1.807, 2.05) is 111 Å². The Bertz CT molecular complexity index is 2890. The fraction of sp³-hybridized carbons (Fsp3) is 0.339. The lowest BCUT2D eigenvalue weighted by Crippen LogP contribution is -2.47. The van der Waals surface area contributed by atoms with Crippen LogP contribution in [0.3, 0.4) is 0 Å². The van der Waals surface area contributed by atoms with Gasteiger partial charge in [0.15, 0.2) is 0 Å². The SMILES string of the molecule is COC(=O)[C@@H]1CCCC[C@@H](c2ccc(OCCc3nc(-c4ccccc4)oc3C)cc2)N1.COc1ccc(OC(=O)N2[C@H](C(=O)O)CCCC[C@H]2c2ccc(OCCc3nc(-c4ccccc4)oc3C)cc2)cc1. The standard InChI is InChI=1S/C33H34N2O7.C26H30N2O4/c1-22-28(34-31(41-22)24-8-4-3-5-9-24)20-21-40-26-14-12-23(13-15-26)29-10-6-7-11-30(32(36)37)35(29)33(38)42-27-18-16-25(39-2)17-19-27;1-18-22(28-25(32-18)20-8-4-3-5-9-20)16-17-31-21-14-12-19(13-15-21)23-10-6-7-11-24(27-23)26(29)30-2/h3-5,8-9,12-19,29-30H,6-7,10-11,20-21H2,1-2H3,(H,36,37);3-5,8-9,12-15,23-24,27H,6-7,10-11,16-17H2,1-2H3/t29-,30-;23-,24-/m00/s1. The molecule has 7 aromatic rings. The van der Waals surface area contributed by atoms with Crippen molar-refractivity contribution in [3.8, 4) is 45.9 Å². The summed E-state index contributed by atoms with van der Waals surface area (Å²) in [6, 6.07) is 40.3. The second-order valence-electron chi connectivity index (χ2n) is 18.3. The number of aliphatic carboxylic acids is 1. The lowest BCUT2D eigenvalue weighted by molar-refractivity contribution is -0.144. The quantitative estimate of drug-likeness (QED) is 0.0871. The predicted octanol–water partition coefficient (Wildman–Crippen LogP) is 11.9. The lowest BCUT2D eigenvalue weighted by Gasteiger charge is -2.33. The van der Waals surface area contributed by atoms with Crippen molar-refractivity contribution in [1.29, 1.82) is 0 Å². The van der Waals surface area contributed by atoms with Crippen LogP contribution in [-0.4, -0.2) is 77.5 Å². The number of hydrogen-bond acceptors (Lipinski definition) is 13. The van der Waals surface area contributed by atoms with Crippen LogP contribution in [0.5, 0.6) is 23.0 Å². The van der Waals surface area contributed by atoms with Crippen molar-refractivity contribution < 1.29 is 52.0 Å². The molecule has 15 nitrogen and oxygen atoms in total. The Hall–Kier alpha value is -7.91. The number of amides is 1. The third-order valence-corrected chi connectivity index (χ3v) is 13.4. The minimum atomic E-state index is -1.05. The first-order valence-electron chi connectivity index (χ1n) is 25.3. The highest BCUT2D eigenvalue weighted by atomic mass is 16.6. The summed E-state index contributed by atoms with van der Waals surface area (Å²) in [5.74, 6) is 4.00. The number of methoxy groups -OCH3 is 2.